The smallest absolute Gasteiger partial charge is 0.320 e. The van der Waals surface area contributed by atoms with Gasteiger partial charge >= 0.3 is 5.97 Å². The zero-order valence-corrected chi connectivity index (χ0v) is 32.5. The monoisotopic (exact) mass is 763 g/mol. The van der Waals surface area contributed by atoms with Crippen LogP contribution in [0.1, 0.15) is 71.9 Å². The Balaban J connectivity index is 1.06. The predicted molar refractivity (Wildman–Crippen MR) is 213 cm³/mol. The van der Waals surface area contributed by atoms with Crippen molar-refractivity contribution in [3.05, 3.63) is 111 Å². The van der Waals surface area contributed by atoms with Gasteiger partial charge in [-0.05, 0) is 110 Å². The molecule has 3 aliphatic rings. The van der Waals surface area contributed by atoms with E-state index in [2.05, 4.69) is 61.2 Å². The molecule has 10 heteroatoms. The van der Waals surface area contributed by atoms with Crippen LogP contribution in [0, 0.1) is 25.2 Å². The first kappa shape index (κ1) is 38.7. The van der Waals surface area contributed by atoms with Crippen molar-refractivity contribution in [1.29, 1.82) is 5.26 Å². The van der Waals surface area contributed by atoms with E-state index in [1.807, 2.05) is 23.1 Å². The van der Waals surface area contributed by atoms with E-state index in [9.17, 15) is 15.2 Å². The second kappa shape index (κ2) is 17.9. The molecule has 0 saturated carbocycles. The van der Waals surface area contributed by atoms with Gasteiger partial charge in [0.2, 0.25) is 0 Å². The molecule has 3 aliphatic heterocycles. The number of likely N-dealkylation sites (tertiary alicyclic amines) is 1. The van der Waals surface area contributed by atoms with Crippen LogP contribution in [-0.2, 0) is 29.3 Å². The highest BCUT2D eigenvalue weighted by atomic mass is 35.5. The highest BCUT2D eigenvalue weighted by Crippen LogP contribution is 2.38. The zero-order valence-electron chi connectivity index (χ0n) is 31.8. The number of aliphatic carboxylic acids is 1. The molecule has 4 aromatic carbocycles. The number of carbonyl (C=O) groups is 1. The summed E-state index contributed by atoms with van der Waals surface area (Å²) >= 11 is 6.89. The van der Waals surface area contributed by atoms with Crippen molar-refractivity contribution < 1.29 is 28.8 Å². The Kier molecular flexibility index (Phi) is 12.6. The van der Waals surface area contributed by atoms with E-state index in [1.54, 1.807) is 18.2 Å². The van der Waals surface area contributed by atoms with Gasteiger partial charge in [-0.15, -0.1) is 0 Å². The Morgan fingerprint density at radius 3 is 2.38 bits per heavy atom. The minimum absolute atomic E-state index is 0.226. The molecule has 1 N–H and O–H groups in total. The molecule has 0 amide bonds. The van der Waals surface area contributed by atoms with Crippen LogP contribution in [0.15, 0.2) is 72.8 Å². The molecular weight excluding hydrogens is 714 g/mol. The number of morpholine rings is 1. The number of hydrogen-bond acceptors (Lipinski definition) is 8. The van der Waals surface area contributed by atoms with Gasteiger partial charge in [0.15, 0.2) is 0 Å². The number of benzene rings is 4. The summed E-state index contributed by atoms with van der Waals surface area (Å²) in [7, 11) is 0. The minimum Gasteiger partial charge on any atom is -0.493 e. The van der Waals surface area contributed by atoms with Crippen LogP contribution in [0.2, 0.25) is 5.02 Å². The first-order chi connectivity index (χ1) is 26.8. The molecule has 3 fully saturated rings. The minimum atomic E-state index is -0.820. The normalized spacial score (nSPS) is 19.9. The van der Waals surface area contributed by atoms with E-state index in [1.165, 1.54) is 12.8 Å². The number of ether oxygens (including phenoxy) is 4. The molecule has 0 aromatic heterocycles. The molecule has 4 aromatic rings. The summed E-state index contributed by atoms with van der Waals surface area (Å²) in [4.78, 5) is 16.7. The Morgan fingerprint density at radius 1 is 0.855 bits per heavy atom. The van der Waals surface area contributed by atoms with Crippen molar-refractivity contribution in [2.45, 2.75) is 90.3 Å². The molecule has 55 heavy (non-hydrogen) atoms. The van der Waals surface area contributed by atoms with Gasteiger partial charge in [0, 0.05) is 36.8 Å². The molecule has 0 unspecified atom stereocenters. The van der Waals surface area contributed by atoms with Crippen LogP contribution in [0.25, 0.3) is 11.1 Å². The molecule has 0 aliphatic carbocycles. The molecular formula is C45H50ClN3O6. The van der Waals surface area contributed by atoms with Crippen molar-refractivity contribution in [2.24, 2.45) is 0 Å². The number of nitrogens with zero attached hydrogens (tertiary/aromatic N) is 3. The molecule has 3 heterocycles. The van der Waals surface area contributed by atoms with Crippen molar-refractivity contribution >= 4 is 17.6 Å². The number of halogens is 1. The first-order valence-electron chi connectivity index (χ1n) is 19.5. The number of carboxylic acids is 1. The van der Waals surface area contributed by atoms with E-state index >= 15 is 0 Å². The summed E-state index contributed by atoms with van der Waals surface area (Å²) in [6.45, 7) is 9.22. The number of carboxylic acid groups (broad SMARTS) is 1. The summed E-state index contributed by atoms with van der Waals surface area (Å²) in [5, 5.41) is 19.7. The number of rotatable bonds is 15. The second-order valence-corrected chi connectivity index (χ2v) is 15.4. The van der Waals surface area contributed by atoms with Crippen molar-refractivity contribution in [3.63, 3.8) is 0 Å². The van der Waals surface area contributed by atoms with Crippen LogP contribution in [0.4, 0.5) is 0 Å². The van der Waals surface area contributed by atoms with Gasteiger partial charge in [0.05, 0.1) is 36.5 Å². The van der Waals surface area contributed by atoms with E-state index in [0.29, 0.717) is 60.3 Å². The summed E-state index contributed by atoms with van der Waals surface area (Å²) in [6, 6.07) is 26.2. The summed E-state index contributed by atoms with van der Waals surface area (Å²) in [5.74, 6) is 1.12. The van der Waals surface area contributed by atoms with Crippen molar-refractivity contribution in [2.75, 3.05) is 32.9 Å². The predicted octanol–water partition coefficient (Wildman–Crippen LogP) is 8.72. The van der Waals surface area contributed by atoms with Gasteiger partial charge in [-0.1, -0.05) is 60.5 Å². The quantitative estimate of drug-likeness (QED) is 0.119. The fourth-order valence-corrected chi connectivity index (χ4v) is 8.61. The van der Waals surface area contributed by atoms with E-state index < -0.39 is 12.0 Å². The molecule has 9 nitrogen and oxygen atoms in total. The molecule has 0 radical (unpaired) electrons. The summed E-state index contributed by atoms with van der Waals surface area (Å²) in [6.07, 6.45) is 5.87. The highest BCUT2D eigenvalue weighted by Gasteiger charge is 2.36. The number of piperidine rings is 1. The fraction of sp³-hybridized carbons (Fsp3) is 0.422. The lowest BCUT2D eigenvalue weighted by atomic mass is 9.93. The van der Waals surface area contributed by atoms with Gasteiger partial charge in [0.1, 0.15) is 36.5 Å². The molecule has 0 spiro atoms. The first-order valence-corrected chi connectivity index (χ1v) is 19.9. The van der Waals surface area contributed by atoms with Crippen LogP contribution < -0.4 is 14.2 Å². The Hall–Kier alpha value is -4.59. The van der Waals surface area contributed by atoms with Crippen LogP contribution >= 0.6 is 11.6 Å². The average Bonchev–Trinajstić information content (AvgIpc) is 3.40. The molecule has 2 bridgehead atoms. The van der Waals surface area contributed by atoms with Gasteiger partial charge in [0.25, 0.3) is 0 Å². The average molecular weight is 764 g/mol. The topological polar surface area (TPSA) is 104 Å². The van der Waals surface area contributed by atoms with E-state index in [-0.39, 0.29) is 13.2 Å². The molecule has 288 valence electrons. The van der Waals surface area contributed by atoms with Crippen LogP contribution in [0.3, 0.4) is 0 Å². The highest BCUT2D eigenvalue weighted by molar-refractivity contribution is 6.32. The molecule has 3 atom stereocenters. The standard InChI is InChI=1S/C45H50ClN3O6/c1-30-34(11-6-12-38(30)39-13-7-15-42(31(39)2)53-20-8-19-49-36-16-17-37(49)29-52-28-36)27-55-44-23-43(54-26-33-10-5-9-32(21-33)24-47)35(22-40(44)46)25-48-18-4-3-14-41(48)45(50)51/h5-7,9-13,15,21-23,36-37,41H,3-4,8,14,16-20,25-29H2,1-2H3,(H,50,51)/t36-,37+,41-/m0/s1. The van der Waals surface area contributed by atoms with Gasteiger partial charge in [-0.25, -0.2) is 0 Å². The lowest BCUT2D eigenvalue weighted by Crippen LogP contribution is -2.46. The summed E-state index contributed by atoms with van der Waals surface area (Å²) in [5.41, 5.74) is 7.67. The third-order valence-corrected chi connectivity index (χ3v) is 11.7. The Morgan fingerprint density at radius 2 is 1.60 bits per heavy atom. The fourth-order valence-electron chi connectivity index (χ4n) is 8.37. The van der Waals surface area contributed by atoms with Crippen molar-refractivity contribution in [3.8, 4) is 34.4 Å². The molecule has 3 saturated heterocycles. The molecule has 7 rings (SSSR count). The third-order valence-electron chi connectivity index (χ3n) is 11.5. The lowest BCUT2D eigenvalue weighted by Gasteiger charge is -2.34. The maximum absolute atomic E-state index is 12.1. The maximum atomic E-state index is 12.1. The number of fused-ring (bicyclic) bond motifs is 2. The van der Waals surface area contributed by atoms with Gasteiger partial charge in [-0.3, -0.25) is 14.6 Å². The third kappa shape index (κ3) is 9.11. The Bertz CT molecular complexity index is 2010. The Labute approximate surface area is 329 Å². The zero-order chi connectivity index (χ0) is 38.3. The van der Waals surface area contributed by atoms with Crippen molar-refractivity contribution in [1.82, 2.24) is 9.80 Å². The largest absolute Gasteiger partial charge is 0.493 e. The van der Waals surface area contributed by atoms with Crippen LogP contribution in [-0.4, -0.2) is 71.9 Å². The van der Waals surface area contributed by atoms with Crippen LogP contribution in [0.5, 0.6) is 17.2 Å². The van der Waals surface area contributed by atoms with Gasteiger partial charge < -0.3 is 24.1 Å². The SMILES string of the molecule is Cc1c(COc2cc(OCc3cccc(C#N)c3)c(CN3CCCC[C@H]3C(=O)O)cc2Cl)cccc1-c1cccc(OCCCN2[C@@H]3CC[C@H]2COC3)c1C. The van der Waals surface area contributed by atoms with E-state index in [4.69, 9.17) is 30.5 Å². The maximum Gasteiger partial charge on any atom is 0.320 e. The number of nitriles is 1. The van der Waals surface area contributed by atoms with Gasteiger partial charge in [-0.2, -0.15) is 5.26 Å². The summed E-state index contributed by atoms with van der Waals surface area (Å²) < 4.78 is 24.9. The van der Waals surface area contributed by atoms with E-state index in [0.717, 1.165) is 83.7 Å². The number of hydrogen-bond donors (Lipinski definition) is 1. The second-order valence-electron chi connectivity index (χ2n) is 15.0. The lowest BCUT2D eigenvalue weighted by molar-refractivity contribution is -0.144.